The second kappa shape index (κ2) is 6.12. The van der Waals surface area contributed by atoms with Crippen LogP contribution in [0.15, 0.2) is 0 Å². The van der Waals surface area contributed by atoms with Crippen LogP contribution in [0.2, 0.25) is 0 Å². The molecular formula is C15H25N3O2. The van der Waals surface area contributed by atoms with Crippen molar-refractivity contribution in [3.63, 3.8) is 0 Å². The van der Waals surface area contributed by atoms with Crippen LogP contribution in [0.3, 0.4) is 0 Å². The van der Waals surface area contributed by atoms with Crippen molar-refractivity contribution < 1.29 is 9.59 Å². The number of hydrogen-bond acceptors (Lipinski definition) is 3. The molecule has 2 aliphatic heterocycles. The molecule has 5 nitrogen and oxygen atoms in total. The van der Waals surface area contributed by atoms with E-state index in [1.807, 2.05) is 9.80 Å². The highest BCUT2D eigenvalue weighted by Gasteiger charge is 2.35. The van der Waals surface area contributed by atoms with E-state index in [1.54, 1.807) is 0 Å². The van der Waals surface area contributed by atoms with E-state index in [-0.39, 0.29) is 17.9 Å². The van der Waals surface area contributed by atoms with E-state index in [2.05, 4.69) is 5.32 Å². The first kappa shape index (κ1) is 13.9. The third-order valence-electron chi connectivity index (χ3n) is 4.62. The topological polar surface area (TPSA) is 52.7 Å². The number of amides is 2. The lowest BCUT2D eigenvalue weighted by molar-refractivity contribution is -0.134. The van der Waals surface area contributed by atoms with Crippen molar-refractivity contribution in [1.82, 2.24) is 15.1 Å². The Morgan fingerprint density at radius 3 is 2.55 bits per heavy atom. The second-order valence-electron chi connectivity index (χ2n) is 6.30. The van der Waals surface area contributed by atoms with Crippen LogP contribution in [0.5, 0.6) is 0 Å². The van der Waals surface area contributed by atoms with Crippen molar-refractivity contribution >= 4 is 11.8 Å². The minimum atomic E-state index is 0.00703. The summed E-state index contributed by atoms with van der Waals surface area (Å²) in [5, 5.41) is 3.40. The van der Waals surface area contributed by atoms with Crippen molar-refractivity contribution in [2.45, 2.75) is 57.0 Å². The summed E-state index contributed by atoms with van der Waals surface area (Å²) in [5.41, 5.74) is 0. The van der Waals surface area contributed by atoms with Crippen LogP contribution in [0.1, 0.15) is 44.9 Å². The van der Waals surface area contributed by atoms with Crippen LogP contribution in [0.25, 0.3) is 0 Å². The molecule has 0 radical (unpaired) electrons. The molecule has 2 saturated heterocycles. The van der Waals surface area contributed by atoms with Crippen LogP contribution >= 0.6 is 0 Å². The van der Waals surface area contributed by atoms with E-state index < -0.39 is 0 Å². The molecule has 0 bridgehead atoms. The first-order chi connectivity index (χ1) is 9.74. The van der Waals surface area contributed by atoms with Gasteiger partial charge in [-0.25, -0.2) is 0 Å². The van der Waals surface area contributed by atoms with Gasteiger partial charge in [-0.1, -0.05) is 0 Å². The molecule has 0 aromatic carbocycles. The molecule has 0 aromatic heterocycles. The Morgan fingerprint density at radius 2 is 1.85 bits per heavy atom. The summed E-state index contributed by atoms with van der Waals surface area (Å²) in [6.45, 7) is 3.20. The molecule has 2 heterocycles. The maximum absolute atomic E-state index is 12.2. The Balaban J connectivity index is 1.41. The maximum atomic E-state index is 12.2. The fourth-order valence-electron chi connectivity index (χ4n) is 3.18. The van der Waals surface area contributed by atoms with Gasteiger partial charge in [0.15, 0.2) is 0 Å². The summed E-state index contributed by atoms with van der Waals surface area (Å²) >= 11 is 0. The Kier molecular flexibility index (Phi) is 4.24. The predicted octanol–water partition coefficient (Wildman–Crippen LogP) is 0.742. The third-order valence-corrected chi connectivity index (χ3v) is 4.62. The monoisotopic (exact) mass is 279 g/mol. The molecule has 0 aromatic rings. The summed E-state index contributed by atoms with van der Waals surface area (Å²) in [4.78, 5) is 28.1. The van der Waals surface area contributed by atoms with E-state index in [4.69, 9.17) is 0 Å². The van der Waals surface area contributed by atoms with Gasteiger partial charge in [0.1, 0.15) is 0 Å². The van der Waals surface area contributed by atoms with Crippen LogP contribution in [0.4, 0.5) is 0 Å². The lowest BCUT2D eigenvalue weighted by Gasteiger charge is -2.27. The highest BCUT2D eigenvalue weighted by atomic mass is 16.2. The van der Waals surface area contributed by atoms with Gasteiger partial charge in [-0.2, -0.15) is 0 Å². The minimum Gasteiger partial charge on any atom is -0.343 e. The summed E-state index contributed by atoms with van der Waals surface area (Å²) in [7, 11) is 0. The summed E-state index contributed by atoms with van der Waals surface area (Å²) in [5.74, 6) is 0.416. The quantitative estimate of drug-likeness (QED) is 0.807. The summed E-state index contributed by atoms with van der Waals surface area (Å²) in [6.07, 6.45) is 7.29. The Bertz CT molecular complexity index is 375. The van der Waals surface area contributed by atoms with Gasteiger partial charge in [0.05, 0.1) is 6.04 Å². The summed E-state index contributed by atoms with van der Waals surface area (Å²) in [6, 6.07) is 0.575. The van der Waals surface area contributed by atoms with Gasteiger partial charge in [-0.15, -0.1) is 0 Å². The molecule has 1 unspecified atom stereocenters. The van der Waals surface area contributed by atoms with Crippen LogP contribution in [0, 0.1) is 0 Å². The van der Waals surface area contributed by atoms with Gasteiger partial charge < -0.3 is 15.1 Å². The van der Waals surface area contributed by atoms with Gasteiger partial charge in [0.25, 0.3) is 0 Å². The van der Waals surface area contributed by atoms with E-state index in [9.17, 15) is 9.59 Å². The van der Waals surface area contributed by atoms with Crippen LogP contribution < -0.4 is 5.32 Å². The molecule has 1 atom stereocenters. The SMILES string of the molecule is O=C(CCN1CCC(NC2CC2)C1=O)N1CCCCC1. The van der Waals surface area contributed by atoms with Crippen molar-refractivity contribution in [3.8, 4) is 0 Å². The number of rotatable bonds is 5. The van der Waals surface area contributed by atoms with E-state index >= 15 is 0 Å². The molecule has 112 valence electrons. The van der Waals surface area contributed by atoms with E-state index in [0.717, 1.165) is 38.9 Å². The number of nitrogens with zero attached hydrogens (tertiary/aromatic N) is 2. The van der Waals surface area contributed by atoms with Crippen molar-refractivity contribution in [2.24, 2.45) is 0 Å². The second-order valence-corrected chi connectivity index (χ2v) is 6.30. The molecule has 20 heavy (non-hydrogen) atoms. The Morgan fingerprint density at radius 1 is 1.10 bits per heavy atom. The number of likely N-dealkylation sites (tertiary alicyclic amines) is 2. The molecule has 2 amide bonds. The van der Waals surface area contributed by atoms with E-state index in [0.29, 0.717) is 19.0 Å². The van der Waals surface area contributed by atoms with Gasteiger partial charge in [-0.3, -0.25) is 9.59 Å². The molecule has 3 rings (SSSR count). The van der Waals surface area contributed by atoms with Gasteiger partial charge >= 0.3 is 0 Å². The molecular weight excluding hydrogens is 254 g/mol. The number of nitrogens with one attached hydrogen (secondary N) is 1. The summed E-state index contributed by atoms with van der Waals surface area (Å²) < 4.78 is 0. The average molecular weight is 279 g/mol. The lowest BCUT2D eigenvalue weighted by atomic mass is 10.1. The van der Waals surface area contributed by atoms with E-state index in [1.165, 1.54) is 19.3 Å². The largest absolute Gasteiger partial charge is 0.343 e. The minimum absolute atomic E-state index is 0.00703. The van der Waals surface area contributed by atoms with Crippen molar-refractivity contribution in [2.75, 3.05) is 26.2 Å². The van der Waals surface area contributed by atoms with Crippen molar-refractivity contribution in [3.05, 3.63) is 0 Å². The molecule has 1 N–H and O–H groups in total. The number of piperidine rings is 1. The zero-order valence-electron chi connectivity index (χ0n) is 12.1. The normalized spacial score (nSPS) is 27.2. The standard InChI is InChI=1S/C15H25N3O2/c19-14(17-8-2-1-3-9-17)7-11-18-10-6-13(15(18)20)16-12-4-5-12/h12-13,16H,1-11H2. The predicted molar refractivity (Wildman–Crippen MR) is 76.2 cm³/mol. The number of carbonyl (C=O) groups is 2. The first-order valence-electron chi connectivity index (χ1n) is 8.06. The van der Waals surface area contributed by atoms with Gasteiger partial charge in [0, 0.05) is 38.6 Å². The smallest absolute Gasteiger partial charge is 0.239 e. The van der Waals surface area contributed by atoms with Crippen molar-refractivity contribution in [1.29, 1.82) is 0 Å². The van der Waals surface area contributed by atoms with Crippen LogP contribution in [-0.4, -0.2) is 59.9 Å². The zero-order chi connectivity index (χ0) is 13.9. The third kappa shape index (κ3) is 3.32. The molecule has 3 fully saturated rings. The highest BCUT2D eigenvalue weighted by Crippen LogP contribution is 2.22. The van der Waals surface area contributed by atoms with Gasteiger partial charge in [0.2, 0.25) is 11.8 Å². The fraction of sp³-hybridized carbons (Fsp3) is 0.867. The fourth-order valence-corrected chi connectivity index (χ4v) is 3.18. The zero-order valence-corrected chi connectivity index (χ0v) is 12.1. The Hall–Kier alpha value is -1.10. The number of hydrogen-bond donors (Lipinski definition) is 1. The lowest BCUT2D eigenvalue weighted by Crippen LogP contribution is -2.41. The molecule has 3 aliphatic rings. The average Bonchev–Trinajstić information content (AvgIpc) is 3.23. The molecule has 5 heteroatoms. The maximum Gasteiger partial charge on any atom is 0.239 e. The van der Waals surface area contributed by atoms with Gasteiger partial charge in [-0.05, 0) is 38.5 Å². The molecule has 0 spiro atoms. The molecule has 1 saturated carbocycles. The molecule has 1 aliphatic carbocycles. The number of carbonyl (C=O) groups excluding carboxylic acids is 2. The Labute approximate surface area is 120 Å². The first-order valence-corrected chi connectivity index (χ1v) is 8.06. The van der Waals surface area contributed by atoms with Crippen LogP contribution in [-0.2, 0) is 9.59 Å². The highest BCUT2D eigenvalue weighted by molar-refractivity contribution is 5.85.